The fraction of sp³-hybridized carbons (Fsp3) is 0.321. The third-order valence-corrected chi connectivity index (χ3v) is 6.99. The van der Waals surface area contributed by atoms with Gasteiger partial charge in [0.05, 0.1) is 17.3 Å². The predicted octanol–water partition coefficient (Wildman–Crippen LogP) is 5.22. The largest absolute Gasteiger partial charge is 0.352 e. The molecule has 2 aliphatic rings. The first-order chi connectivity index (χ1) is 17.2. The normalized spacial score (nSPS) is 17.4. The van der Waals surface area contributed by atoms with Gasteiger partial charge in [-0.15, -0.1) is 0 Å². The first-order valence-corrected chi connectivity index (χ1v) is 12.1. The van der Waals surface area contributed by atoms with Crippen LogP contribution in [0.3, 0.4) is 0 Å². The van der Waals surface area contributed by atoms with Crippen molar-refractivity contribution in [3.63, 3.8) is 0 Å². The minimum atomic E-state index is -0.454. The zero-order chi connectivity index (χ0) is 25.4. The Balaban J connectivity index is 1.31. The lowest BCUT2D eigenvalue weighted by Crippen LogP contribution is -2.63. The SMILES string of the molecule is C[C@H](NC(=O)N1CCN(c2ncnc3c2C=C(c2ccc(F)cc2)C3)CC1(C)C)c1ccc(F)cc1. The maximum absolute atomic E-state index is 13.4. The Bertz CT molecular complexity index is 1300. The number of nitrogens with zero attached hydrogens (tertiary/aromatic N) is 4. The van der Waals surface area contributed by atoms with E-state index in [-0.39, 0.29) is 23.7 Å². The van der Waals surface area contributed by atoms with Crippen molar-refractivity contribution in [2.75, 3.05) is 24.5 Å². The zero-order valence-electron chi connectivity index (χ0n) is 20.6. The first-order valence-electron chi connectivity index (χ1n) is 12.1. The van der Waals surface area contributed by atoms with Crippen LogP contribution in [-0.2, 0) is 6.42 Å². The van der Waals surface area contributed by atoms with Gasteiger partial charge in [-0.05, 0) is 67.8 Å². The maximum atomic E-state index is 13.4. The summed E-state index contributed by atoms with van der Waals surface area (Å²) in [6.45, 7) is 7.75. The molecule has 36 heavy (non-hydrogen) atoms. The van der Waals surface area contributed by atoms with Crippen molar-refractivity contribution in [1.29, 1.82) is 0 Å². The van der Waals surface area contributed by atoms with Crippen molar-refractivity contribution in [1.82, 2.24) is 20.2 Å². The van der Waals surface area contributed by atoms with Crippen molar-refractivity contribution in [2.24, 2.45) is 0 Å². The standard InChI is InChI=1S/C28H29F2N5O/c1-18(19-4-8-22(29)9-5-19)33-27(36)35-13-12-34(16-28(35,2)3)26-24-14-21(15-25(24)31-17-32-26)20-6-10-23(30)11-7-20/h4-11,14,17-18H,12-13,15-16H2,1-3H3,(H,33,36)/t18-/m0/s1. The Morgan fingerprint density at radius 1 is 1.00 bits per heavy atom. The van der Waals surface area contributed by atoms with Crippen LogP contribution in [0.25, 0.3) is 11.6 Å². The highest BCUT2D eigenvalue weighted by Crippen LogP contribution is 2.36. The molecule has 1 aromatic heterocycles. The fourth-order valence-corrected chi connectivity index (χ4v) is 5.03. The van der Waals surface area contributed by atoms with Crippen LogP contribution >= 0.6 is 0 Å². The second-order valence-electron chi connectivity index (χ2n) is 10.0. The van der Waals surface area contributed by atoms with Crippen LogP contribution < -0.4 is 10.2 Å². The molecule has 3 aromatic rings. The minimum Gasteiger partial charge on any atom is -0.352 e. The monoisotopic (exact) mass is 489 g/mol. The second kappa shape index (κ2) is 9.33. The number of carbonyl (C=O) groups is 1. The molecule has 1 fully saturated rings. The van der Waals surface area contributed by atoms with Crippen LogP contribution in [0.4, 0.5) is 19.4 Å². The molecule has 1 aliphatic carbocycles. The van der Waals surface area contributed by atoms with Gasteiger partial charge in [-0.3, -0.25) is 0 Å². The summed E-state index contributed by atoms with van der Waals surface area (Å²) in [6, 6.07) is 12.3. The summed E-state index contributed by atoms with van der Waals surface area (Å²) in [5.41, 5.74) is 4.38. The number of hydrogen-bond donors (Lipinski definition) is 1. The minimum absolute atomic E-state index is 0.150. The number of aromatic nitrogens is 2. The number of halogens is 2. The molecule has 5 rings (SSSR count). The van der Waals surface area contributed by atoms with E-state index in [9.17, 15) is 13.6 Å². The summed E-state index contributed by atoms with van der Waals surface area (Å²) in [5, 5.41) is 3.05. The number of rotatable bonds is 4. The highest BCUT2D eigenvalue weighted by atomic mass is 19.1. The van der Waals surface area contributed by atoms with E-state index < -0.39 is 5.54 Å². The number of anilines is 1. The Hall–Kier alpha value is -3.81. The van der Waals surface area contributed by atoms with Gasteiger partial charge in [-0.2, -0.15) is 0 Å². The smallest absolute Gasteiger partial charge is 0.318 e. The molecule has 2 amide bonds. The molecule has 6 nitrogen and oxygen atoms in total. The lowest BCUT2D eigenvalue weighted by Gasteiger charge is -2.47. The summed E-state index contributed by atoms with van der Waals surface area (Å²) in [6.07, 6.45) is 4.35. The van der Waals surface area contributed by atoms with Gasteiger partial charge in [0.1, 0.15) is 23.8 Å². The summed E-state index contributed by atoms with van der Waals surface area (Å²) in [4.78, 5) is 26.3. The molecule has 1 saturated heterocycles. The summed E-state index contributed by atoms with van der Waals surface area (Å²) >= 11 is 0. The van der Waals surface area contributed by atoms with Gasteiger partial charge in [0, 0.05) is 31.6 Å². The van der Waals surface area contributed by atoms with E-state index in [0.717, 1.165) is 33.8 Å². The predicted molar refractivity (Wildman–Crippen MR) is 136 cm³/mol. The van der Waals surface area contributed by atoms with Crippen LogP contribution in [-0.4, -0.2) is 46.1 Å². The Kier molecular flexibility index (Phi) is 6.20. The number of amides is 2. The third kappa shape index (κ3) is 4.67. The van der Waals surface area contributed by atoms with Gasteiger partial charge in [0.2, 0.25) is 0 Å². The van der Waals surface area contributed by atoms with Gasteiger partial charge in [-0.1, -0.05) is 24.3 Å². The highest BCUT2D eigenvalue weighted by molar-refractivity contribution is 5.91. The lowest BCUT2D eigenvalue weighted by molar-refractivity contribution is 0.121. The summed E-state index contributed by atoms with van der Waals surface area (Å²) in [5.74, 6) is 0.293. The summed E-state index contributed by atoms with van der Waals surface area (Å²) in [7, 11) is 0. The molecule has 0 bridgehead atoms. The number of nitrogens with one attached hydrogen (secondary N) is 1. The van der Waals surface area contributed by atoms with E-state index >= 15 is 0 Å². The molecular formula is C28H29F2N5O. The molecule has 0 spiro atoms. The van der Waals surface area contributed by atoms with Crippen molar-refractivity contribution < 1.29 is 13.6 Å². The molecule has 1 atom stereocenters. The van der Waals surface area contributed by atoms with Gasteiger partial charge in [0.15, 0.2) is 0 Å². The van der Waals surface area contributed by atoms with E-state index in [1.165, 1.54) is 24.3 Å². The molecule has 0 radical (unpaired) electrons. The number of hydrogen-bond acceptors (Lipinski definition) is 4. The quantitative estimate of drug-likeness (QED) is 0.546. The molecule has 2 aromatic carbocycles. The van der Waals surface area contributed by atoms with Crippen molar-refractivity contribution in [3.05, 3.63) is 88.9 Å². The molecule has 8 heteroatoms. The van der Waals surface area contributed by atoms with Crippen molar-refractivity contribution in [2.45, 2.75) is 38.8 Å². The molecule has 2 heterocycles. The average Bonchev–Trinajstić information content (AvgIpc) is 3.28. The molecule has 186 valence electrons. The number of urea groups is 1. The van der Waals surface area contributed by atoms with Crippen molar-refractivity contribution >= 4 is 23.5 Å². The number of carbonyl (C=O) groups excluding carboxylic acids is 1. The van der Waals surface area contributed by atoms with E-state index in [2.05, 4.69) is 26.3 Å². The Labute approximate surface area is 209 Å². The van der Waals surface area contributed by atoms with Crippen LogP contribution in [0.5, 0.6) is 0 Å². The number of piperazine rings is 1. The molecule has 0 unspecified atom stereocenters. The number of fused-ring (bicyclic) bond motifs is 1. The maximum Gasteiger partial charge on any atom is 0.318 e. The van der Waals surface area contributed by atoms with E-state index in [1.54, 1.807) is 30.6 Å². The number of allylic oxidation sites excluding steroid dienone is 1. The number of benzene rings is 2. The molecular weight excluding hydrogens is 460 g/mol. The third-order valence-electron chi connectivity index (χ3n) is 6.99. The van der Waals surface area contributed by atoms with E-state index in [4.69, 9.17) is 0 Å². The topological polar surface area (TPSA) is 61.4 Å². The molecule has 1 N–H and O–H groups in total. The van der Waals surface area contributed by atoms with Crippen LogP contribution in [0.15, 0.2) is 54.9 Å². The Morgan fingerprint density at radius 2 is 1.67 bits per heavy atom. The van der Waals surface area contributed by atoms with Crippen LogP contribution in [0.2, 0.25) is 0 Å². The van der Waals surface area contributed by atoms with Gasteiger partial charge < -0.3 is 15.1 Å². The van der Waals surface area contributed by atoms with E-state index in [0.29, 0.717) is 26.1 Å². The molecule has 0 saturated carbocycles. The fourth-order valence-electron chi connectivity index (χ4n) is 5.03. The van der Waals surface area contributed by atoms with Crippen LogP contribution in [0, 0.1) is 11.6 Å². The highest BCUT2D eigenvalue weighted by Gasteiger charge is 2.38. The van der Waals surface area contributed by atoms with Gasteiger partial charge in [-0.25, -0.2) is 23.5 Å². The second-order valence-corrected chi connectivity index (χ2v) is 10.0. The average molecular weight is 490 g/mol. The first kappa shape index (κ1) is 23.9. The zero-order valence-corrected chi connectivity index (χ0v) is 20.6. The van der Waals surface area contributed by atoms with Gasteiger partial charge >= 0.3 is 6.03 Å². The van der Waals surface area contributed by atoms with Gasteiger partial charge in [0.25, 0.3) is 0 Å². The van der Waals surface area contributed by atoms with Crippen molar-refractivity contribution in [3.8, 4) is 0 Å². The lowest BCUT2D eigenvalue weighted by atomic mass is 9.98. The van der Waals surface area contributed by atoms with E-state index in [1.807, 2.05) is 25.7 Å². The summed E-state index contributed by atoms with van der Waals surface area (Å²) < 4.78 is 26.6. The Morgan fingerprint density at radius 3 is 2.33 bits per heavy atom. The molecule has 1 aliphatic heterocycles. The van der Waals surface area contributed by atoms with Crippen LogP contribution in [0.1, 0.15) is 49.2 Å².